The number of carbonyl (C=O) groups excluding carboxylic acids is 1. The summed E-state index contributed by atoms with van der Waals surface area (Å²) in [6.07, 6.45) is 2.14. The molecule has 0 aliphatic carbocycles. The van der Waals surface area contributed by atoms with Crippen molar-refractivity contribution in [3.8, 4) is 11.5 Å². The van der Waals surface area contributed by atoms with E-state index in [9.17, 15) is 4.79 Å². The Hall–Kier alpha value is -2.60. The van der Waals surface area contributed by atoms with E-state index >= 15 is 0 Å². The van der Waals surface area contributed by atoms with E-state index in [0.29, 0.717) is 32.7 Å². The second-order valence-electron chi connectivity index (χ2n) is 5.12. The average Bonchev–Trinajstić information content (AvgIpc) is 2.64. The van der Waals surface area contributed by atoms with Gasteiger partial charge < -0.3 is 20.1 Å². The van der Waals surface area contributed by atoms with Crippen LogP contribution in [0.15, 0.2) is 48.7 Å². The first kappa shape index (κ1) is 17.7. The molecule has 1 amide bonds. The molecule has 0 saturated carbocycles. The summed E-state index contributed by atoms with van der Waals surface area (Å²) in [5.74, 6) is 1.60. The molecule has 2 N–H and O–H groups in total. The molecule has 1 aromatic heterocycles. The Bertz CT molecular complexity index is 603. The zero-order valence-corrected chi connectivity index (χ0v) is 13.8. The molecule has 1 heterocycles. The van der Waals surface area contributed by atoms with Crippen molar-refractivity contribution >= 4 is 5.91 Å². The topological polar surface area (TPSA) is 72.5 Å². The minimum Gasteiger partial charge on any atom is -0.497 e. The molecule has 6 heteroatoms. The lowest BCUT2D eigenvalue weighted by atomic mass is 10.3. The molecule has 0 spiro atoms. The lowest BCUT2D eigenvalue weighted by molar-refractivity contribution is -0.121. The number of aromatic nitrogens is 1. The largest absolute Gasteiger partial charge is 0.497 e. The van der Waals surface area contributed by atoms with Crippen molar-refractivity contribution in [3.05, 3.63) is 54.4 Å². The van der Waals surface area contributed by atoms with Crippen LogP contribution in [-0.2, 0) is 11.3 Å². The van der Waals surface area contributed by atoms with E-state index in [-0.39, 0.29) is 5.91 Å². The van der Waals surface area contributed by atoms with Crippen LogP contribution in [-0.4, -0.2) is 37.7 Å². The van der Waals surface area contributed by atoms with E-state index in [1.807, 2.05) is 42.5 Å². The summed E-state index contributed by atoms with van der Waals surface area (Å²) in [7, 11) is 1.63. The van der Waals surface area contributed by atoms with E-state index in [2.05, 4.69) is 15.6 Å². The summed E-state index contributed by atoms with van der Waals surface area (Å²) in [4.78, 5) is 15.9. The van der Waals surface area contributed by atoms with E-state index < -0.39 is 0 Å². The zero-order chi connectivity index (χ0) is 17.0. The third kappa shape index (κ3) is 6.66. The van der Waals surface area contributed by atoms with E-state index in [4.69, 9.17) is 9.47 Å². The number of nitrogens with zero attached hydrogens (tertiary/aromatic N) is 1. The summed E-state index contributed by atoms with van der Waals surface area (Å²) in [5.41, 5.74) is 0.853. The molecule has 0 radical (unpaired) electrons. The Kier molecular flexibility index (Phi) is 7.56. The van der Waals surface area contributed by atoms with Crippen LogP contribution < -0.4 is 20.1 Å². The molecule has 0 aliphatic rings. The molecular formula is C18H23N3O3. The molecule has 0 fully saturated rings. The first-order valence-electron chi connectivity index (χ1n) is 7.92. The molecule has 24 heavy (non-hydrogen) atoms. The van der Waals surface area contributed by atoms with Gasteiger partial charge in [0.25, 0.3) is 0 Å². The Balaban J connectivity index is 1.50. The Labute approximate surface area is 142 Å². The maximum absolute atomic E-state index is 11.7. The number of carbonyl (C=O) groups is 1. The van der Waals surface area contributed by atoms with Crippen LogP contribution in [0.25, 0.3) is 0 Å². The molecule has 6 nitrogen and oxygen atoms in total. The van der Waals surface area contributed by atoms with Gasteiger partial charge in [-0.2, -0.15) is 0 Å². The van der Waals surface area contributed by atoms with Gasteiger partial charge in [0.15, 0.2) is 0 Å². The summed E-state index contributed by atoms with van der Waals surface area (Å²) in [6.45, 7) is 2.29. The number of hydrogen-bond donors (Lipinski definition) is 2. The van der Waals surface area contributed by atoms with Gasteiger partial charge in [-0.15, -0.1) is 0 Å². The monoisotopic (exact) mass is 329 g/mol. The van der Waals surface area contributed by atoms with Crippen LogP contribution in [0.1, 0.15) is 12.1 Å². The van der Waals surface area contributed by atoms with Crippen molar-refractivity contribution in [2.24, 2.45) is 0 Å². The summed E-state index contributed by atoms with van der Waals surface area (Å²) >= 11 is 0. The lowest BCUT2D eigenvalue weighted by Crippen LogP contribution is -2.29. The standard InChI is InChI=1S/C18H23N3O3/c1-23-16-5-7-17(8-6-16)24-13-12-19-11-9-18(22)21-14-15-4-2-3-10-20-15/h2-8,10,19H,9,11-14H2,1H3,(H,21,22). The molecule has 0 saturated heterocycles. The number of ether oxygens (including phenoxy) is 2. The van der Waals surface area contributed by atoms with Crippen LogP contribution in [0, 0.1) is 0 Å². The SMILES string of the molecule is COc1ccc(OCCNCCC(=O)NCc2ccccn2)cc1. The predicted octanol–water partition coefficient (Wildman–Crippen LogP) is 1.77. The van der Waals surface area contributed by atoms with Crippen LogP contribution in [0.2, 0.25) is 0 Å². The average molecular weight is 329 g/mol. The Morgan fingerprint density at radius 1 is 1.08 bits per heavy atom. The highest BCUT2D eigenvalue weighted by Crippen LogP contribution is 2.16. The van der Waals surface area contributed by atoms with Gasteiger partial charge in [-0.1, -0.05) is 6.07 Å². The van der Waals surface area contributed by atoms with Crippen molar-refractivity contribution in [1.82, 2.24) is 15.6 Å². The second kappa shape index (κ2) is 10.2. The van der Waals surface area contributed by atoms with Crippen molar-refractivity contribution < 1.29 is 14.3 Å². The normalized spacial score (nSPS) is 10.2. The predicted molar refractivity (Wildman–Crippen MR) is 92.1 cm³/mol. The number of rotatable bonds is 10. The first-order chi connectivity index (χ1) is 11.8. The molecule has 128 valence electrons. The summed E-state index contributed by atoms with van der Waals surface area (Å²) in [5, 5.41) is 6.02. The van der Waals surface area contributed by atoms with Gasteiger partial charge in [0.05, 0.1) is 19.3 Å². The van der Waals surface area contributed by atoms with Crippen molar-refractivity contribution in [1.29, 1.82) is 0 Å². The highest BCUT2D eigenvalue weighted by Gasteiger charge is 2.01. The van der Waals surface area contributed by atoms with Gasteiger partial charge in [-0.25, -0.2) is 0 Å². The number of pyridine rings is 1. The van der Waals surface area contributed by atoms with Crippen molar-refractivity contribution in [3.63, 3.8) is 0 Å². The van der Waals surface area contributed by atoms with Gasteiger partial charge >= 0.3 is 0 Å². The fourth-order valence-electron chi connectivity index (χ4n) is 2.02. The van der Waals surface area contributed by atoms with Gasteiger partial charge in [0.1, 0.15) is 18.1 Å². The van der Waals surface area contributed by atoms with Crippen LogP contribution >= 0.6 is 0 Å². The fourth-order valence-corrected chi connectivity index (χ4v) is 2.02. The quantitative estimate of drug-likeness (QED) is 0.650. The molecule has 2 rings (SSSR count). The smallest absolute Gasteiger partial charge is 0.221 e. The fraction of sp³-hybridized carbons (Fsp3) is 0.333. The second-order valence-corrected chi connectivity index (χ2v) is 5.12. The first-order valence-corrected chi connectivity index (χ1v) is 7.92. The van der Waals surface area contributed by atoms with Gasteiger partial charge in [0, 0.05) is 25.7 Å². The van der Waals surface area contributed by atoms with Crippen LogP contribution in [0.5, 0.6) is 11.5 Å². The highest BCUT2D eigenvalue weighted by molar-refractivity contribution is 5.75. The lowest BCUT2D eigenvalue weighted by Gasteiger charge is -2.08. The Morgan fingerprint density at radius 3 is 2.58 bits per heavy atom. The third-order valence-corrected chi connectivity index (χ3v) is 3.33. The number of amides is 1. The number of nitrogens with one attached hydrogen (secondary N) is 2. The minimum atomic E-state index is 0.00391. The summed E-state index contributed by atoms with van der Waals surface area (Å²) < 4.78 is 10.7. The van der Waals surface area contributed by atoms with Crippen LogP contribution in [0.3, 0.4) is 0 Å². The molecule has 0 bridgehead atoms. The molecule has 1 aromatic carbocycles. The van der Waals surface area contributed by atoms with E-state index in [1.54, 1.807) is 13.3 Å². The van der Waals surface area contributed by atoms with Crippen LogP contribution in [0.4, 0.5) is 0 Å². The number of hydrogen-bond acceptors (Lipinski definition) is 5. The maximum atomic E-state index is 11.7. The highest BCUT2D eigenvalue weighted by atomic mass is 16.5. The maximum Gasteiger partial charge on any atom is 0.221 e. The van der Waals surface area contributed by atoms with E-state index in [0.717, 1.165) is 17.2 Å². The number of benzene rings is 1. The molecule has 0 atom stereocenters. The summed E-state index contributed by atoms with van der Waals surface area (Å²) in [6, 6.07) is 13.1. The van der Waals surface area contributed by atoms with Gasteiger partial charge in [-0.3, -0.25) is 9.78 Å². The molecular weight excluding hydrogens is 306 g/mol. The zero-order valence-electron chi connectivity index (χ0n) is 13.8. The Morgan fingerprint density at radius 2 is 1.88 bits per heavy atom. The van der Waals surface area contributed by atoms with Crippen molar-refractivity contribution in [2.45, 2.75) is 13.0 Å². The van der Waals surface area contributed by atoms with Crippen molar-refractivity contribution in [2.75, 3.05) is 26.8 Å². The van der Waals surface area contributed by atoms with Gasteiger partial charge in [0.2, 0.25) is 5.91 Å². The van der Waals surface area contributed by atoms with Gasteiger partial charge in [-0.05, 0) is 36.4 Å². The number of methoxy groups -OCH3 is 1. The third-order valence-electron chi connectivity index (χ3n) is 3.33. The van der Waals surface area contributed by atoms with E-state index in [1.165, 1.54) is 0 Å². The molecule has 0 aliphatic heterocycles. The molecule has 2 aromatic rings. The minimum absolute atomic E-state index is 0.00391. The molecule has 0 unspecified atom stereocenters.